The van der Waals surface area contributed by atoms with Crippen molar-refractivity contribution in [3.63, 3.8) is 0 Å². The predicted octanol–water partition coefficient (Wildman–Crippen LogP) is 1.48. The van der Waals surface area contributed by atoms with E-state index in [4.69, 9.17) is 15.3 Å². The first-order valence-corrected chi connectivity index (χ1v) is 5.33. The molecule has 0 atom stereocenters. The molecule has 2 rings (SSSR count). The van der Waals surface area contributed by atoms with Crippen LogP contribution in [0.3, 0.4) is 0 Å². The summed E-state index contributed by atoms with van der Waals surface area (Å²) in [6.45, 7) is 0.376. The Morgan fingerprint density at radius 1 is 1.65 bits per heavy atom. The van der Waals surface area contributed by atoms with Crippen molar-refractivity contribution in [2.24, 2.45) is 0 Å². The number of imidazole rings is 1. The van der Waals surface area contributed by atoms with Gasteiger partial charge in [-0.25, -0.2) is 4.98 Å². The van der Waals surface area contributed by atoms with Crippen molar-refractivity contribution in [1.82, 2.24) is 9.55 Å². The minimum absolute atomic E-state index is 0.132. The minimum atomic E-state index is -1.50. The molecule has 0 fully saturated rings. The predicted molar refractivity (Wildman–Crippen MR) is 59.7 cm³/mol. The molecule has 1 N–H and O–H groups in total. The van der Waals surface area contributed by atoms with Crippen molar-refractivity contribution in [2.75, 3.05) is 0 Å². The lowest BCUT2D eigenvalue weighted by Crippen LogP contribution is -2.06. The number of hydrogen-bond acceptors (Lipinski definition) is 5. The Morgan fingerprint density at radius 2 is 2.35 bits per heavy atom. The van der Waals surface area contributed by atoms with Crippen molar-refractivity contribution >= 4 is 17.1 Å². The topological polar surface area (TPSA) is 98.3 Å². The SMILES string of the molecule is O=C(Cn1ccnc1)c1cccs1.O=[N+]([O-])O. The zero-order valence-electron chi connectivity index (χ0n) is 8.59. The van der Waals surface area contributed by atoms with Crippen molar-refractivity contribution < 1.29 is 15.1 Å². The summed E-state index contributed by atoms with van der Waals surface area (Å²) in [7, 11) is 0. The van der Waals surface area contributed by atoms with E-state index in [1.54, 1.807) is 23.3 Å². The molecule has 0 aliphatic carbocycles. The third-order valence-electron chi connectivity index (χ3n) is 1.68. The second-order valence-electron chi connectivity index (χ2n) is 2.87. The fraction of sp³-hybridized carbons (Fsp3) is 0.111. The van der Waals surface area contributed by atoms with E-state index in [0.717, 1.165) is 4.88 Å². The van der Waals surface area contributed by atoms with Crippen LogP contribution < -0.4 is 0 Å². The summed E-state index contributed by atoms with van der Waals surface area (Å²) in [5.41, 5.74) is 0. The molecule has 0 saturated heterocycles. The first kappa shape index (κ1) is 12.8. The highest BCUT2D eigenvalue weighted by molar-refractivity contribution is 7.12. The number of aromatic nitrogens is 2. The molecule has 0 amide bonds. The van der Waals surface area contributed by atoms with Crippen LogP contribution >= 0.6 is 11.3 Å². The van der Waals surface area contributed by atoms with Crippen LogP contribution in [0, 0.1) is 10.1 Å². The first-order chi connectivity index (χ1) is 8.09. The smallest absolute Gasteiger partial charge is 0.291 e. The van der Waals surface area contributed by atoms with E-state index in [9.17, 15) is 4.79 Å². The molecule has 8 heteroatoms. The molecule has 0 saturated carbocycles. The lowest BCUT2D eigenvalue weighted by molar-refractivity contribution is -0.742. The fourth-order valence-corrected chi connectivity index (χ4v) is 1.72. The van der Waals surface area contributed by atoms with Gasteiger partial charge in [-0.3, -0.25) is 4.79 Å². The van der Waals surface area contributed by atoms with Gasteiger partial charge in [-0.05, 0) is 11.4 Å². The molecule has 0 aliphatic heterocycles. The maximum atomic E-state index is 11.5. The number of hydrogen-bond donors (Lipinski definition) is 1. The zero-order valence-corrected chi connectivity index (χ0v) is 9.41. The van der Waals surface area contributed by atoms with Gasteiger partial charge in [-0.2, -0.15) is 0 Å². The third kappa shape index (κ3) is 4.89. The molecule has 90 valence electrons. The Morgan fingerprint density at radius 3 is 2.82 bits per heavy atom. The van der Waals surface area contributed by atoms with Crippen LogP contribution in [0.4, 0.5) is 0 Å². The number of ketones is 1. The Labute approximate surface area is 100 Å². The second-order valence-corrected chi connectivity index (χ2v) is 3.82. The van der Waals surface area contributed by atoms with Crippen LogP contribution in [0.2, 0.25) is 0 Å². The number of carbonyl (C=O) groups excluding carboxylic acids is 1. The van der Waals surface area contributed by atoms with Crippen LogP contribution in [0.25, 0.3) is 0 Å². The zero-order chi connectivity index (χ0) is 12.7. The largest absolute Gasteiger partial charge is 0.330 e. The maximum Gasteiger partial charge on any atom is 0.291 e. The van der Waals surface area contributed by atoms with Gasteiger partial charge < -0.3 is 9.77 Å². The van der Waals surface area contributed by atoms with Crippen molar-refractivity contribution in [2.45, 2.75) is 6.54 Å². The van der Waals surface area contributed by atoms with Gasteiger partial charge in [0.1, 0.15) is 0 Å². The van der Waals surface area contributed by atoms with Gasteiger partial charge in [0.25, 0.3) is 5.09 Å². The Bertz CT molecular complexity index is 462. The van der Waals surface area contributed by atoms with E-state index in [2.05, 4.69) is 4.98 Å². The summed E-state index contributed by atoms with van der Waals surface area (Å²) in [5, 5.41) is 15.5. The summed E-state index contributed by atoms with van der Waals surface area (Å²) in [6, 6.07) is 3.72. The van der Waals surface area contributed by atoms with Crippen LogP contribution in [0.5, 0.6) is 0 Å². The van der Waals surface area contributed by atoms with Gasteiger partial charge in [0.05, 0.1) is 17.7 Å². The Hall–Kier alpha value is -2.22. The monoisotopic (exact) mass is 255 g/mol. The number of nitrogens with zero attached hydrogens (tertiary/aromatic N) is 3. The molecule has 0 bridgehead atoms. The summed E-state index contributed by atoms with van der Waals surface area (Å²) in [5.74, 6) is 0.132. The average Bonchev–Trinajstić information content (AvgIpc) is 2.88. The Kier molecular flexibility index (Phi) is 4.82. The molecule has 17 heavy (non-hydrogen) atoms. The van der Waals surface area contributed by atoms with Gasteiger partial charge in [-0.1, -0.05) is 6.07 Å². The molecule has 2 aromatic rings. The molecule has 2 aromatic heterocycles. The van der Waals surface area contributed by atoms with E-state index in [0.29, 0.717) is 6.54 Å². The number of carbonyl (C=O) groups is 1. The molecule has 0 unspecified atom stereocenters. The molecular weight excluding hydrogens is 246 g/mol. The second kappa shape index (κ2) is 6.38. The van der Waals surface area contributed by atoms with E-state index in [1.807, 2.05) is 17.5 Å². The van der Waals surface area contributed by atoms with Crippen molar-refractivity contribution in [3.05, 3.63) is 51.2 Å². The van der Waals surface area contributed by atoms with Crippen molar-refractivity contribution in [3.8, 4) is 0 Å². The van der Waals surface area contributed by atoms with Crippen molar-refractivity contribution in [1.29, 1.82) is 0 Å². The number of Topliss-reactive ketones (excluding diaryl/α,β-unsaturated/α-hetero) is 1. The Balaban J connectivity index is 0.000000317. The molecule has 0 aromatic carbocycles. The van der Waals surface area contributed by atoms with E-state index >= 15 is 0 Å². The van der Waals surface area contributed by atoms with Gasteiger partial charge in [0.15, 0.2) is 5.78 Å². The molecule has 0 radical (unpaired) electrons. The van der Waals surface area contributed by atoms with Crippen LogP contribution in [0.15, 0.2) is 36.2 Å². The standard InChI is InChI=1S/C9H8N2OS.HNO3/c12-8(9-2-1-5-13-9)6-11-4-3-10-7-11;2-1(3)4/h1-5,7H,6H2;(H,2,3,4). The van der Waals surface area contributed by atoms with Crippen LogP contribution in [-0.4, -0.2) is 25.6 Å². The van der Waals surface area contributed by atoms with Crippen LogP contribution in [-0.2, 0) is 6.54 Å². The highest BCUT2D eigenvalue weighted by Crippen LogP contribution is 2.10. The van der Waals surface area contributed by atoms with E-state index in [-0.39, 0.29) is 5.78 Å². The summed E-state index contributed by atoms with van der Waals surface area (Å²) in [6.07, 6.45) is 5.10. The summed E-state index contributed by atoms with van der Waals surface area (Å²) in [4.78, 5) is 24.6. The lowest BCUT2D eigenvalue weighted by Gasteiger charge is -1.97. The maximum absolute atomic E-state index is 11.5. The molecule has 7 nitrogen and oxygen atoms in total. The summed E-state index contributed by atoms with van der Waals surface area (Å²) < 4.78 is 1.77. The number of thiophene rings is 1. The van der Waals surface area contributed by atoms with Gasteiger partial charge in [0.2, 0.25) is 0 Å². The molecular formula is C9H9N3O4S. The van der Waals surface area contributed by atoms with Gasteiger partial charge in [-0.15, -0.1) is 21.5 Å². The van der Waals surface area contributed by atoms with Gasteiger partial charge in [0, 0.05) is 12.4 Å². The first-order valence-electron chi connectivity index (χ1n) is 4.45. The van der Waals surface area contributed by atoms with Gasteiger partial charge >= 0.3 is 0 Å². The lowest BCUT2D eigenvalue weighted by atomic mass is 10.3. The minimum Gasteiger partial charge on any atom is -0.330 e. The highest BCUT2D eigenvalue weighted by atomic mass is 32.1. The summed E-state index contributed by atoms with van der Waals surface area (Å²) >= 11 is 1.47. The molecule has 2 heterocycles. The quantitative estimate of drug-likeness (QED) is 0.509. The number of rotatable bonds is 3. The molecule has 0 aliphatic rings. The van der Waals surface area contributed by atoms with E-state index < -0.39 is 5.09 Å². The highest BCUT2D eigenvalue weighted by Gasteiger charge is 2.06. The average molecular weight is 255 g/mol. The fourth-order valence-electron chi connectivity index (χ4n) is 1.06. The van der Waals surface area contributed by atoms with Crippen LogP contribution in [0.1, 0.15) is 9.67 Å². The normalized spacial score (nSPS) is 9.18. The molecule has 0 spiro atoms. The van der Waals surface area contributed by atoms with E-state index in [1.165, 1.54) is 11.3 Å². The third-order valence-corrected chi connectivity index (χ3v) is 2.59.